The van der Waals surface area contributed by atoms with Crippen LogP contribution < -0.4 is 10.5 Å². The summed E-state index contributed by atoms with van der Waals surface area (Å²) in [7, 11) is 1.77. The van der Waals surface area contributed by atoms with Crippen molar-refractivity contribution in [1.29, 1.82) is 0 Å². The van der Waals surface area contributed by atoms with Gasteiger partial charge in [-0.1, -0.05) is 23.7 Å². The maximum Gasteiger partial charge on any atom is 0.141 e. The summed E-state index contributed by atoms with van der Waals surface area (Å²) in [6, 6.07) is 5.96. The minimum absolute atomic E-state index is 0.0916. The van der Waals surface area contributed by atoms with Gasteiger partial charge in [0, 0.05) is 19.6 Å². The van der Waals surface area contributed by atoms with E-state index in [1.54, 1.807) is 7.11 Å². The average Bonchev–Trinajstić information content (AvgIpc) is 2.42. The van der Waals surface area contributed by atoms with Gasteiger partial charge in [-0.2, -0.15) is 0 Å². The molecule has 0 bridgehead atoms. The van der Waals surface area contributed by atoms with Crippen LogP contribution in [0.25, 0.3) is 0 Å². The molecule has 0 saturated heterocycles. The summed E-state index contributed by atoms with van der Waals surface area (Å²) >= 11 is 6.31. The quantitative estimate of drug-likeness (QED) is 0.903. The second-order valence-corrected chi connectivity index (χ2v) is 6.08. The Kier molecular flexibility index (Phi) is 5.70. The molecule has 2 N–H and O–H groups in total. The zero-order valence-corrected chi connectivity index (χ0v) is 13.0. The number of rotatable bonds is 5. The largest absolute Gasteiger partial charge is 0.488 e. The van der Waals surface area contributed by atoms with E-state index in [0.29, 0.717) is 11.1 Å². The number of hydrogen-bond donors (Lipinski definition) is 1. The SMILES string of the molecule is COC1CCCC(Oc2c(Cl)cccc2CC(C)N)C1. The second kappa shape index (κ2) is 7.30. The number of para-hydroxylation sites is 1. The number of hydrogen-bond acceptors (Lipinski definition) is 3. The van der Waals surface area contributed by atoms with Gasteiger partial charge in [-0.15, -0.1) is 0 Å². The van der Waals surface area contributed by atoms with Gasteiger partial charge in [-0.3, -0.25) is 0 Å². The van der Waals surface area contributed by atoms with Crippen molar-refractivity contribution in [2.75, 3.05) is 7.11 Å². The van der Waals surface area contributed by atoms with Gasteiger partial charge in [-0.25, -0.2) is 0 Å². The van der Waals surface area contributed by atoms with E-state index in [4.69, 9.17) is 26.8 Å². The van der Waals surface area contributed by atoms with Crippen molar-refractivity contribution >= 4 is 11.6 Å². The predicted molar refractivity (Wildman–Crippen MR) is 82.5 cm³/mol. The first-order valence-electron chi connectivity index (χ1n) is 7.32. The Labute approximate surface area is 126 Å². The normalized spacial score (nSPS) is 24.4. The fourth-order valence-electron chi connectivity index (χ4n) is 2.78. The summed E-state index contributed by atoms with van der Waals surface area (Å²) in [4.78, 5) is 0. The van der Waals surface area contributed by atoms with E-state index in [-0.39, 0.29) is 12.1 Å². The van der Waals surface area contributed by atoms with E-state index in [0.717, 1.165) is 43.4 Å². The molecule has 1 aromatic rings. The number of methoxy groups -OCH3 is 1. The Morgan fingerprint density at radius 2 is 2.10 bits per heavy atom. The Hall–Kier alpha value is -0.770. The van der Waals surface area contributed by atoms with E-state index < -0.39 is 0 Å². The molecule has 20 heavy (non-hydrogen) atoms. The molecule has 0 spiro atoms. The molecule has 1 fully saturated rings. The third kappa shape index (κ3) is 4.11. The molecule has 0 amide bonds. The number of benzene rings is 1. The fourth-order valence-corrected chi connectivity index (χ4v) is 3.02. The zero-order valence-electron chi connectivity index (χ0n) is 12.3. The molecule has 3 unspecified atom stereocenters. The topological polar surface area (TPSA) is 44.5 Å². The van der Waals surface area contributed by atoms with Gasteiger partial charge in [-0.05, 0) is 44.2 Å². The molecule has 3 nitrogen and oxygen atoms in total. The summed E-state index contributed by atoms with van der Waals surface area (Å²) in [5.74, 6) is 0.799. The molecule has 2 rings (SSSR count). The number of nitrogens with two attached hydrogens (primary N) is 1. The van der Waals surface area contributed by atoms with Crippen LogP contribution in [-0.4, -0.2) is 25.4 Å². The molecule has 0 heterocycles. The lowest BCUT2D eigenvalue weighted by atomic mass is 9.94. The molecular weight excluding hydrogens is 274 g/mol. The molecule has 112 valence electrons. The van der Waals surface area contributed by atoms with Gasteiger partial charge in [0.15, 0.2) is 0 Å². The van der Waals surface area contributed by atoms with Crippen LogP contribution in [-0.2, 0) is 11.2 Å². The van der Waals surface area contributed by atoms with Gasteiger partial charge in [0.25, 0.3) is 0 Å². The lowest BCUT2D eigenvalue weighted by molar-refractivity contribution is 0.0207. The molecule has 0 radical (unpaired) electrons. The first kappa shape index (κ1) is 15.6. The van der Waals surface area contributed by atoms with Crippen molar-refractivity contribution < 1.29 is 9.47 Å². The Morgan fingerprint density at radius 3 is 2.80 bits per heavy atom. The van der Waals surface area contributed by atoms with Crippen LogP contribution in [0.4, 0.5) is 0 Å². The molecule has 1 aliphatic rings. The monoisotopic (exact) mass is 297 g/mol. The molecule has 0 aliphatic heterocycles. The molecule has 3 atom stereocenters. The van der Waals surface area contributed by atoms with Crippen LogP contribution >= 0.6 is 11.6 Å². The third-order valence-electron chi connectivity index (χ3n) is 3.79. The summed E-state index contributed by atoms with van der Waals surface area (Å²) in [5, 5.41) is 0.669. The lowest BCUT2D eigenvalue weighted by Gasteiger charge is -2.29. The molecular formula is C16H24ClNO2. The average molecular weight is 298 g/mol. The van der Waals surface area contributed by atoms with E-state index in [1.165, 1.54) is 0 Å². The van der Waals surface area contributed by atoms with Crippen molar-refractivity contribution in [3.8, 4) is 5.75 Å². The van der Waals surface area contributed by atoms with Crippen LogP contribution in [0.2, 0.25) is 5.02 Å². The summed E-state index contributed by atoms with van der Waals surface area (Å²) in [6.45, 7) is 1.99. The van der Waals surface area contributed by atoms with Crippen molar-refractivity contribution in [2.45, 2.75) is 57.3 Å². The van der Waals surface area contributed by atoms with Crippen LogP contribution in [0, 0.1) is 0 Å². The standard InChI is InChI=1S/C16H24ClNO2/c1-11(18)9-12-5-3-8-15(17)16(12)20-14-7-4-6-13(10-14)19-2/h3,5,8,11,13-14H,4,6-7,9-10,18H2,1-2H3. The second-order valence-electron chi connectivity index (χ2n) is 5.67. The molecule has 1 saturated carbocycles. The van der Waals surface area contributed by atoms with Crippen molar-refractivity contribution in [3.63, 3.8) is 0 Å². The molecule has 1 aromatic carbocycles. The highest BCUT2D eigenvalue weighted by Gasteiger charge is 2.24. The summed E-state index contributed by atoms with van der Waals surface area (Å²) < 4.78 is 11.6. The Bertz CT molecular complexity index is 436. The van der Waals surface area contributed by atoms with Crippen molar-refractivity contribution in [3.05, 3.63) is 28.8 Å². The Morgan fingerprint density at radius 1 is 1.35 bits per heavy atom. The summed E-state index contributed by atoms with van der Waals surface area (Å²) in [5.41, 5.74) is 6.99. The van der Waals surface area contributed by atoms with E-state index in [1.807, 2.05) is 25.1 Å². The predicted octanol–water partition coefficient (Wildman–Crippen LogP) is 3.57. The smallest absolute Gasteiger partial charge is 0.141 e. The van der Waals surface area contributed by atoms with E-state index in [9.17, 15) is 0 Å². The van der Waals surface area contributed by atoms with Crippen LogP contribution in [0.15, 0.2) is 18.2 Å². The van der Waals surface area contributed by atoms with Crippen LogP contribution in [0.3, 0.4) is 0 Å². The van der Waals surface area contributed by atoms with Gasteiger partial charge < -0.3 is 15.2 Å². The van der Waals surface area contributed by atoms with Crippen molar-refractivity contribution in [2.24, 2.45) is 5.73 Å². The van der Waals surface area contributed by atoms with Gasteiger partial charge in [0.05, 0.1) is 11.1 Å². The van der Waals surface area contributed by atoms with Gasteiger partial charge >= 0.3 is 0 Å². The maximum absolute atomic E-state index is 6.31. The minimum atomic E-state index is 0.0916. The highest BCUT2D eigenvalue weighted by Crippen LogP contribution is 2.33. The lowest BCUT2D eigenvalue weighted by Crippen LogP contribution is -2.30. The highest BCUT2D eigenvalue weighted by molar-refractivity contribution is 6.32. The zero-order chi connectivity index (χ0) is 14.5. The minimum Gasteiger partial charge on any atom is -0.488 e. The summed E-state index contributed by atoms with van der Waals surface area (Å²) in [6.07, 6.45) is 5.49. The van der Waals surface area contributed by atoms with Crippen LogP contribution in [0.1, 0.15) is 38.2 Å². The first-order valence-corrected chi connectivity index (χ1v) is 7.70. The first-order chi connectivity index (χ1) is 9.60. The number of ether oxygens (including phenoxy) is 2. The highest BCUT2D eigenvalue weighted by atomic mass is 35.5. The van der Waals surface area contributed by atoms with Crippen molar-refractivity contribution in [1.82, 2.24) is 0 Å². The molecule has 1 aliphatic carbocycles. The van der Waals surface area contributed by atoms with Gasteiger partial charge in [0.2, 0.25) is 0 Å². The maximum atomic E-state index is 6.31. The van der Waals surface area contributed by atoms with Gasteiger partial charge in [0.1, 0.15) is 11.9 Å². The molecule has 0 aromatic heterocycles. The molecule has 4 heteroatoms. The number of halogens is 1. The van der Waals surface area contributed by atoms with E-state index in [2.05, 4.69) is 0 Å². The van der Waals surface area contributed by atoms with Crippen LogP contribution in [0.5, 0.6) is 5.75 Å². The fraction of sp³-hybridized carbons (Fsp3) is 0.625. The Balaban J connectivity index is 2.11. The van der Waals surface area contributed by atoms with E-state index >= 15 is 0 Å². The third-order valence-corrected chi connectivity index (χ3v) is 4.08.